The molecular weight excluding hydrogens is 725 g/mol. The first-order valence-electron chi connectivity index (χ1n) is 18.2. The minimum absolute atomic E-state index is 0.0339. The normalized spacial score (nSPS) is 10.5. The lowest BCUT2D eigenvalue weighted by Gasteiger charge is -2.15. The van der Waals surface area contributed by atoms with Crippen LogP contribution >= 0.6 is 24.4 Å². The van der Waals surface area contributed by atoms with Gasteiger partial charge in [-0.2, -0.15) is 0 Å². The lowest BCUT2D eigenvalue weighted by atomic mass is 10.2. The number of anilines is 2. The smallest absolute Gasteiger partial charge is 0.246 e. The fourth-order valence-electron chi connectivity index (χ4n) is 4.82. The van der Waals surface area contributed by atoms with Crippen molar-refractivity contribution in [3.63, 3.8) is 0 Å². The Morgan fingerprint density at radius 2 is 0.906 bits per heavy atom. The number of unbranched alkanes of at least 4 members (excludes halogenated alkanes) is 7. The summed E-state index contributed by atoms with van der Waals surface area (Å²) in [6.45, 7) is 5.11. The second-order valence-corrected chi connectivity index (χ2v) is 13.6. The van der Waals surface area contributed by atoms with Gasteiger partial charge in [-0.1, -0.05) is 25.1 Å². The number of amides is 5. The van der Waals surface area contributed by atoms with Crippen molar-refractivity contribution in [2.24, 2.45) is 0 Å². The standard InChI is InChI=1S/C35H58N8O8S2/c1-27(52)39-29-13-15-30(16-14-29)40-35(53)38-23-9-6-12-26-43(51)34(48)20-18-32(46)37-22-8-5-11-25-42(50)33(47)19-17-31(45)36-21-7-3-4-10-24-41(49)28(2)44/h13-16,49-51H,3-12,17-26H2,1-2H3,(H,36,45)(H,37,46)(H,39,52)(H2,38,40,53). The van der Waals surface area contributed by atoms with Crippen LogP contribution in [0, 0.1) is 0 Å². The number of carbonyl (C=O) groups is 5. The quantitative estimate of drug-likeness (QED) is 0.0274. The summed E-state index contributed by atoms with van der Waals surface area (Å²) >= 11 is 10.4. The maximum absolute atomic E-state index is 12.2. The van der Waals surface area contributed by atoms with Gasteiger partial charge in [0.05, 0.1) is 4.99 Å². The van der Waals surface area contributed by atoms with Crippen LogP contribution in [0.3, 0.4) is 0 Å². The topological polar surface area (TPSA) is 216 Å². The number of nitrogens with one attached hydrogen (secondary N) is 5. The molecule has 0 bridgehead atoms. The minimum Gasteiger partial charge on any atom is -0.362 e. The van der Waals surface area contributed by atoms with E-state index in [9.17, 15) is 39.6 Å². The Hall–Kier alpha value is -3.97. The number of hydrogen-bond donors (Lipinski definition) is 8. The Balaban J connectivity index is 2.01. The molecule has 0 heterocycles. The molecular formula is C35H58N8O8S2. The molecule has 53 heavy (non-hydrogen) atoms. The molecule has 1 aromatic carbocycles. The van der Waals surface area contributed by atoms with Gasteiger partial charge < -0.3 is 26.6 Å². The predicted molar refractivity (Wildman–Crippen MR) is 209 cm³/mol. The minimum atomic E-state index is -0.546. The first kappa shape index (κ1) is 47.1. The van der Waals surface area contributed by atoms with Gasteiger partial charge in [-0.15, -0.1) is 0 Å². The molecule has 0 saturated heterocycles. The molecule has 0 spiro atoms. The second kappa shape index (κ2) is 28.5. The van der Waals surface area contributed by atoms with E-state index >= 15 is 0 Å². The van der Waals surface area contributed by atoms with Crippen molar-refractivity contribution in [1.29, 1.82) is 0 Å². The van der Waals surface area contributed by atoms with Crippen LogP contribution in [-0.4, -0.2) is 110 Å². The number of thiocarbonyl (C=S) groups is 2. The van der Waals surface area contributed by atoms with Crippen molar-refractivity contribution >= 4 is 75.4 Å². The number of carbonyl (C=O) groups excluding carboxylic acids is 5. The molecule has 0 aliphatic rings. The van der Waals surface area contributed by atoms with Crippen LogP contribution < -0.4 is 26.6 Å². The highest BCUT2D eigenvalue weighted by atomic mass is 32.1. The monoisotopic (exact) mass is 782 g/mol. The fourth-order valence-corrected chi connectivity index (χ4v) is 5.16. The van der Waals surface area contributed by atoms with Gasteiger partial charge >= 0.3 is 0 Å². The van der Waals surface area contributed by atoms with Gasteiger partial charge in [0, 0.05) is 83.3 Å². The fraction of sp³-hybridized carbons (Fsp3) is 0.629. The molecule has 1 rings (SSSR count). The highest BCUT2D eigenvalue weighted by Crippen LogP contribution is 2.13. The van der Waals surface area contributed by atoms with E-state index in [0.717, 1.165) is 43.5 Å². The Kier molecular flexibility index (Phi) is 25.3. The Morgan fingerprint density at radius 3 is 1.34 bits per heavy atom. The van der Waals surface area contributed by atoms with E-state index in [2.05, 4.69) is 26.6 Å². The van der Waals surface area contributed by atoms with Gasteiger partial charge in [0.2, 0.25) is 29.5 Å². The van der Waals surface area contributed by atoms with Crippen LogP contribution in [0.2, 0.25) is 0 Å². The van der Waals surface area contributed by atoms with Crippen LogP contribution in [0.5, 0.6) is 0 Å². The molecule has 0 aliphatic heterocycles. The zero-order valence-corrected chi connectivity index (χ0v) is 32.6. The van der Waals surface area contributed by atoms with Gasteiger partial charge in [0.25, 0.3) is 0 Å². The molecule has 0 unspecified atom stereocenters. The predicted octanol–water partition coefficient (Wildman–Crippen LogP) is 4.10. The summed E-state index contributed by atoms with van der Waals surface area (Å²) in [7, 11) is 0. The van der Waals surface area contributed by atoms with Crippen molar-refractivity contribution in [3.05, 3.63) is 24.3 Å². The molecule has 18 heteroatoms. The summed E-state index contributed by atoms with van der Waals surface area (Å²) in [6.07, 6.45) is 6.61. The molecule has 0 saturated carbocycles. The molecule has 298 valence electrons. The molecule has 0 radical (unpaired) electrons. The highest BCUT2D eigenvalue weighted by Gasteiger charge is 2.14. The maximum Gasteiger partial charge on any atom is 0.246 e. The van der Waals surface area contributed by atoms with Crippen molar-refractivity contribution in [1.82, 2.24) is 31.1 Å². The SMILES string of the molecule is CC(=O)N(O)CCCCCCNC(=O)CCC(=O)N(O)CCCCCNC(=O)CCC(=O)N(O)CCCCCNC(=S)Nc1ccc(NC(C)=S)cc1. The van der Waals surface area contributed by atoms with E-state index in [0.29, 0.717) is 77.0 Å². The van der Waals surface area contributed by atoms with Crippen molar-refractivity contribution in [2.45, 2.75) is 104 Å². The van der Waals surface area contributed by atoms with Gasteiger partial charge in [-0.05, 0) is 94.8 Å². The number of rotatable bonds is 27. The number of benzene rings is 1. The summed E-state index contributed by atoms with van der Waals surface area (Å²) in [5.41, 5.74) is 1.74. The average Bonchev–Trinajstić information content (AvgIpc) is 3.12. The molecule has 0 atom stereocenters. The summed E-state index contributed by atoms with van der Waals surface area (Å²) in [5.74, 6) is -2.05. The van der Waals surface area contributed by atoms with Crippen molar-refractivity contribution in [2.75, 3.05) is 49.9 Å². The lowest BCUT2D eigenvalue weighted by Crippen LogP contribution is -2.31. The third-order valence-electron chi connectivity index (χ3n) is 7.85. The number of hydroxylamine groups is 6. The first-order valence-corrected chi connectivity index (χ1v) is 19.0. The summed E-state index contributed by atoms with van der Waals surface area (Å²) in [6, 6.07) is 7.58. The van der Waals surface area contributed by atoms with E-state index < -0.39 is 17.7 Å². The Bertz CT molecular complexity index is 1310. The van der Waals surface area contributed by atoms with Gasteiger partial charge in [0.1, 0.15) is 0 Å². The molecule has 16 nitrogen and oxygen atoms in total. The molecule has 0 aliphatic carbocycles. The molecule has 1 aromatic rings. The molecule has 5 amide bonds. The van der Waals surface area contributed by atoms with Crippen LogP contribution in [0.15, 0.2) is 24.3 Å². The molecule has 0 aromatic heterocycles. The molecule has 0 fully saturated rings. The Labute approximate surface area is 323 Å². The largest absolute Gasteiger partial charge is 0.362 e. The second-order valence-electron chi connectivity index (χ2n) is 12.6. The van der Waals surface area contributed by atoms with Crippen LogP contribution in [-0.2, 0) is 24.0 Å². The van der Waals surface area contributed by atoms with Crippen LogP contribution in [0.25, 0.3) is 0 Å². The highest BCUT2D eigenvalue weighted by molar-refractivity contribution is 7.80. The molecule has 8 N–H and O–H groups in total. The van der Waals surface area contributed by atoms with E-state index in [4.69, 9.17) is 24.4 Å². The summed E-state index contributed by atoms with van der Waals surface area (Å²) < 4.78 is 0. The Morgan fingerprint density at radius 1 is 0.528 bits per heavy atom. The zero-order valence-electron chi connectivity index (χ0n) is 31.0. The third kappa shape index (κ3) is 24.8. The van der Waals surface area contributed by atoms with Crippen LogP contribution in [0.1, 0.15) is 104 Å². The van der Waals surface area contributed by atoms with E-state index in [1.54, 1.807) is 0 Å². The van der Waals surface area contributed by atoms with E-state index in [1.807, 2.05) is 31.2 Å². The third-order valence-corrected chi connectivity index (χ3v) is 8.20. The van der Waals surface area contributed by atoms with Gasteiger partial charge in [0.15, 0.2) is 5.11 Å². The van der Waals surface area contributed by atoms with Crippen LogP contribution in [0.4, 0.5) is 11.4 Å². The van der Waals surface area contributed by atoms with E-state index in [1.165, 1.54) is 6.92 Å². The summed E-state index contributed by atoms with van der Waals surface area (Å²) in [5, 5.41) is 46.5. The maximum atomic E-state index is 12.2. The first-order chi connectivity index (χ1) is 25.3. The van der Waals surface area contributed by atoms with E-state index in [-0.39, 0.29) is 57.1 Å². The van der Waals surface area contributed by atoms with Crippen molar-refractivity contribution < 1.29 is 39.6 Å². The average molecular weight is 783 g/mol. The van der Waals surface area contributed by atoms with Crippen molar-refractivity contribution in [3.8, 4) is 0 Å². The number of hydrogen-bond acceptors (Lipinski definition) is 10. The zero-order chi connectivity index (χ0) is 39.4. The van der Waals surface area contributed by atoms with Gasteiger partial charge in [-0.3, -0.25) is 39.6 Å². The summed E-state index contributed by atoms with van der Waals surface area (Å²) in [4.78, 5) is 60.0. The lowest BCUT2D eigenvalue weighted by molar-refractivity contribution is -0.166. The number of nitrogens with zero attached hydrogens (tertiary/aromatic N) is 3. The van der Waals surface area contributed by atoms with Gasteiger partial charge in [-0.25, -0.2) is 15.2 Å².